The molecule has 3 rings (SSSR count). The van der Waals surface area contributed by atoms with E-state index >= 15 is 0 Å². The molecular weight excluding hydrogens is 262 g/mol. The van der Waals surface area contributed by atoms with Crippen molar-refractivity contribution in [3.8, 4) is 11.5 Å². The van der Waals surface area contributed by atoms with Crippen LogP contribution in [0, 0.1) is 0 Å². The summed E-state index contributed by atoms with van der Waals surface area (Å²) in [4.78, 5) is 0. The van der Waals surface area contributed by atoms with Crippen LogP contribution in [0.2, 0.25) is 0 Å². The van der Waals surface area contributed by atoms with Crippen LogP contribution in [0.4, 0.5) is 0 Å². The third kappa shape index (κ3) is 2.72. The first-order valence-corrected chi connectivity index (χ1v) is 7.16. The predicted octanol–water partition coefficient (Wildman–Crippen LogP) is 4.51. The molecule has 0 amide bonds. The van der Waals surface area contributed by atoms with Crippen molar-refractivity contribution in [1.82, 2.24) is 4.57 Å². The minimum Gasteiger partial charge on any atom is -0.508 e. The average molecular weight is 281 g/mol. The molecule has 1 N–H and O–H groups in total. The molecule has 3 nitrogen and oxygen atoms in total. The standard InChI is InChI=1S/C18H19NO2/c1-13(2)19-15(12-21-17-6-4-3-5-7-17)10-14-11-16(20)8-9-18(14)19/h3-11,13,20H,12H2,1-2H3. The van der Waals surface area contributed by atoms with Crippen molar-refractivity contribution in [1.29, 1.82) is 0 Å². The summed E-state index contributed by atoms with van der Waals surface area (Å²) in [6, 6.07) is 17.7. The second-order valence-corrected chi connectivity index (χ2v) is 5.44. The van der Waals surface area contributed by atoms with Crippen LogP contribution in [0.25, 0.3) is 10.9 Å². The monoisotopic (exact) mass is 281 g/mol. The van der Waals surface area contributed by atoms with E-state index in [1.165, 1.54) is 0 Å². The van der Waals surface area contributed by atoms with Crippen molar-refractivity contribution in [2.75, 3.05) is 0 Å². The van der Waals surface area contributed by atoms with Gasteiger partial charge in [0.2, 0.25) is 0 Å². The minimum atomic E-state index is 0.291. The van der Waals surface area contributed by atoms with Crippen LogP contribution in [0.3, 0.4) is 0 Å². The van der Waals surface area contributed by atoms with E-state index in [0.29, 0.717) is 18.4 Å². The summed E-state index contributed by atoms with van der Waals surface area (Å²) in [5, 5.41) is 10.7. The Bertz CT molecular complexity index is 745. The number of benzene rings is 2. The van der Waals surface area contributed by atoms with Gasteiger partial charge >= 0.3 is 0 Å². The first kappa shape index (κ1) is 13.6. The van der Waals surface area contributed by atoms with E-state index in [2.05, 4.69) is 24.5 Å². The van der Waals surface area contributed by atoms with Crippen LogP contribution in [0.1, 0.15) is 25.6 Å². The Balaban J connectivity index is 1.95. The first-order valence-electron chi connectivity index (χ1n) is 7.16. The Morgan fingerprint density at radius 1 is 1.05 bits per heavy atom. The molecule has 0 aliphatic carbocycles. The molecule has 0 radical (unpaired) electrons. The Morgan fingerprint density at radius 2 is 1.81 bits per heavy atom. The summed E-state index contributed by atoms with van der Waals surface area (Å²) >= 11 is 0. The second-order valence-electron chi connectivity index (χ2n) is 5.44. The number of phenolic OH excluding ortho intramolecular Hbond substituents is 1. The maximum atomic E-state index is 9.64. The molecule has 21 heavy (non-hydrogen) atoms. The molecule has 0 fully saturated rings. The zero-order chi connectivity index (χ0) is 14.8. The van der Waals surface area contributed by atoms with E-state index in [0.717, 1.165) is 22.3 Å². The molecule has 0 bridgehead atoms. The summed E-state index contributed by atoms with van der Waals surface area (Å²) in [6.07, 6.45) is 0. The number of hydrogen-bond donors (Lipinski definition) is 1. The van der Waals surface area contributed by atoms with Crippen LogP contribution in [-0.2, 0) is 6.61 Å². The zero-order valence-corrected chi connectivity index (χ0v) is 12.3. The highest BCUT2D eigenvalue weighted by Crippen LogP contribution is 2.28. The third-order valence-corrected chi connectivity index (χ3v) is 3.55. The highest BCUT2D eigenvalue weighted by Gasteiger charge is 2.12. The number of aromatic nitrogens is 1. The van der Waals surface area contributed by atoms with Gasteiger partial charge in [-0.2, -0.15) is 0 Å². The summed E-state index contributed by atoms with van der Waals surface area (Å²) in [5.41, 5.74) is 2.23. The molecule has 0 spiro atoms. The van der Waals surface area contributed by atoms with Gasteiger partial charge in [0.15, 0.2) is 0 Å². The molecule has 0 aliphatic rings. The molecule has 1 aromatic heterocycles. The van der Waals surface area contributed by atoms with Crippen molar-refractivity contribution in [3.05, 3.63) is 60.3 Å². The number of fused-ring (bicyclic) bond motifs is 1. The molecule has 0 saturated carbocycles. The number of ether oxygens (including phenoxy) is 1. The lowest BCUT2D eigenvalue weighted by Crippen LogP contribution is -2.08. The van der Waals surface area contributed by atoms with Crippen molar-refractivity contribution in [3.63, 3.8) is 0 Å². The van der Waals surface area contributed by atoms with Crippen LogP contribution in [0.5, 0.6) is 11.5 Å². The molecule has 0 saturated heterocycles. The zero-order valence-electron chi connectivity index (χ0n) is 12.3. The van der Waals surface area contributed by atoms with Gasteiger partial charge in [-0.25, -0.2) is 0 Å². The van der Waals surface area contributed by atoms with Gasteiger partial charge in [-0.1, -0.05) is 18.2 Å². The molecule has 0 atom stereocenters. The van der Waals surface area contributed by atoms with Gasteiger partial charge < -0.3 is 14.4 Å². The normalized spacial score (nSPS) is 11.2. The predicted molar refractivity (Wildman–Crippen MR) is 84.8 cm³/mol. The van der Waals surface area contributed by atoms with Crippen molar-refractivity contribution >= 4 is 10.9 Å². The first-order chi connectivity index (χ1) is 10.1. The van der Waals surface area contributed by atoms with Crippen molar-refractivity contribution in [2.24, 2.45) is 0 Å². The Labute approximate surface area is 124 Å². The van der Waals surface area contributed by atoms with E-state index in [1.54, 1.807) is 12.1 Å². The largest absolute Gasteiger partial charge is 0.508 e. The van der Waals surface area contributed by atoms with Crippen LogP contribution < -0.4 is 4.74 Å². The van der Waals surface area contributed by atoms with Crippen molar-refractivity contribution < 1.29 is 9.84 Å². The smallest absolute Gasteiger partial charge is 0.128 e. The second kappa shape index (κ2) is 5.52. The van der Waals surface area contributed by atoms with E-state index in [9.17, 15) is 5.11 Å². The number of rotatable bonds is 4. The summed E-state index contributed by atoms with van der Waals surface area (Å²) in [7, 11) is 0. The summed E-state index contributed by atoms with van der Waals surface area (Å²) in [6.45, 7) is 4.81. The fourth-order valence-electron chi connectivity index (χ4n) is 2.68. The molecule has 3 aromatic rings. The van der Waals surface area contributed by atoms with Gasteiger partial charge in [0, 0.05) is 16.9 Å². The molecule has 0 aliphatic heterocycles. The third-order valence-electron chi connectivity index (χ3n) is 3.55. The van der Waals surface area contributed by atoms with E-state index in [4.69, 9.17) is 4.74 Å². The Morgan fingerprint density at radius 3 is 2.52 bits per heavy atom. The lowest BCUT2D eigenvalue weighted by atomic mass is 10.2. The van der Waals surface area contributed by atoms with E-state index in [1.807, 2.05) is 36.4 Å². The van der Waals surface area contributed by atoms with Gasteiger partial charge in [-0.05, 0) is 50.2 Å². The van der Waals surface area contributed by atoms with Gasteiger partial charge in [-0.3, -0.25) is 0 Å². The maximum absolute atomic E-state index is 9.64. The van der Waals surface area contributed by atoms with Gasteiger partial charge in [0.25, 0.3) is 0 Å². The van der Waals surface area contributed by atoms with E-state index < -0.39 is 0 Å². The highest BCUT2D eigenvalue weighted by molar-refractivity contribution is 5.83. The number of hydrogen-bond acceptors (Lipinski definition) is 2. The SMILES string of the molecule is CC(C)n1c(COc2ccccc2)cc2cc(O)ccc21. The Hall–Kier alpha value is -2.42. The maximum Gasteiger partial charge on any atom is 0.128 e. The fraction of sp³-hybridized carbons (Fsp3) is 0.222. The molecule has 0 unspecified atom stereocenters. The fourth-order valence-corrected chi connectivity index (χ4v) is 2.68. The van der Waals surface area contributed by atoms with Crippen LogP contribution >= 0.6 is 0 Å². The topological polar surface area (TPSA) is 34.4 Å². The lowest BCUT2D eigenvalue weighted by Gasteiger charge is -2.15. The quantitative estimate of drug-likeness (QED) is 0.763. The number of para-hydroxylation sites is 1. The minimum absolute atomic E-state index is 0.291. The molecule has 108 valence electrons. The van der Waals surface area contributed by atoms with Gasteiger partial charge in [0.1, 0.15) is 18.1 Å². The van der Waals surface area contributed by atoms with Crippen LogP contribution in [0.15, 0.2) is 54.6 Å². The number of aromatic hydroxyl groups is 1. The summed E-state index contributed by atoms with van der Waals surface area (Å²) in [5.74, 6) is 1.15. The number of nitrogens with zero attached hydrogens (tertiary/aromatic N) is 1. The molecular formula is C18H19NO2. The highest BCUT2D eigenvalue weighted by atomic mass is 16.5. The molecule has 1 heterocycles. The molecule has 2 aromatic carbocycles. The van der Waals surface area contributed by atoms with Crippen LogP contribution in [-0.4, -0.2) is 9.67 Å². The molecule has 3 heteroatoms. The number of phenols is 1. The lowest BCUT2D eigenvalue weighted by molar-refractivity contribution is 0.293. The summed E-state index contributed by atoms with van der Waals surface area (Å²) < 4.78 is 8.11. The van der Waals surface area contributed by atoms with Gasteiger partial charge in [0.05, 0.1) is 5.69 Å². The van der Waals surface area contributed by atoms with E-state index in [-0.39, 0.29) is 0 Å². The Kier molecular flexibility index (Phi) is 3.57. The van der Waals surface area contributed by atoms with Crippen molar-refractivity contribution in [2.45, 2.75) is 26.5 Å². The average Bonchev–Trinajstić information content (AvgIpc) is 2.83. The van der Waals surface area contributed by atoms with Gasteiger partial charge in [-0.15, -0.1) is 0 Å².